The minimum atomic E-state index is -3.68. The maximum Gasteiger partial charge on any atom is 0.243 e. The number of ketones is 1. The van der Waals surface area contributed by atoms with Gasteiger partial charge in [-0.25, -0.2) is 8.42 Å². The molecule has 1 heterocycles. The first kappa shape index (κ1) is 17.7. The van der Waals surface area contributed by atoms with Gasteiger partial charge in [0.15, 0.2) is 5.78 Å². The van der Waals surface area contributed by atoms with Crippen molar-refractivity contribution in [1.29, 1.82) is 0 Å². The van der Waals surface area contributed by atoms with Crippen LogP contribution >= 0.6 is 11.6 Å². The van der Waals surface area contributed by atoms with Gasteiger partial charge < -0.3 is 0 Å². The van der Waals surface area contributed by atoms with Gasteiger partial charge in [0.25, 0.3) is 0 Å². The summed E-state index contributed by atoms with van der Waals surface area (Å²) < 4.78 is 27.3. The summed E-state index contributed by atoms with van der Waals surface area (Å²) in [4.78, 5) is 13.3. The molecule has 0 spiro atoms. The van der Waals surface area contributed by atoms with Crippen LogP contribution in [-0.4, -0.2) is 31.6 Å². The van der Waals surface area contributed by atoms with Crippen LogP contribution in [0.3, 0.4) is 0 Å². The van der Waals surface area contributed by atoms with E-state index in [0.29, 0.717) is 18.0 Å². The van der Waals surface area contributed by atoms with Crippen LogP contribution in [-0.2, 0) is 20.2 Å². The molecule has 6 heteroatoms. The third-order valence-corrected chi connectivity index (χ3v) is 7.94. The molecule has 4 rings (SSSR count). The van der Waals surface area contributed by atoms with Gasteiger partial charge in [-0.1, -0.05) is 48.4 Å². The second-order valence-corrected chi connectivity index (χ2v) is 10.0. The summed E-state index contributed by atoms with van der Waals surface area (Å²) in [6, 6.07) is 14.1. The Morgan fingerprint density at radius 2 is 1.65 bits per heavy atom. The van der Waals surface area contributed by atoms with Crippen LogP contribution in [0.5, 0.6) is 0 Å². The predicted molar refractivity (Wildman–Crippen MR) is 101 cm³/mol. The predicted octanol–water partition coefficient (Wildman–Crippen LogP) is 3.57. The number of hydrogen-bond donors (Lipinski definition) is 0. The minimum absolute atomic E-state index is 0.0377. The van der Waals surface area contributed by atoms with E-state index >= 15 is 0 Å². The number of rotatable bonds is 3. The van der Waals surface area contributed by atoms with Gasteiger partial charge in [-0.2, -0.15) is 4.31 Å². The molecule has 4 nitrogen and oxygen atoms in total. The van der Waals surface area contributed by atoms with Crippen molar-refractivity contribution in [2.24, 2.45) is 5.41 Å². The number of aryl methyl sites for hydroxylation is 1. The summed E-state index contributed by atoms with van der Waals surface area (Å²) in [5, 5.41) is 0.624. The fourth-order valence-corrected chi connectivity index (χ4v) is 5.93. The van der Waals surface area contributed by atoms with Gasteiger partial charge in [-0.05, 0) is 48.6 Å². The number of sulfonamides is 1. The summed E-state index contributed by atoms with van der Waals surface area (Å²) >= 11 is 5.97. The second kappa shape index (κ2) is 5.65. The van der Waals surface area contributed by atoms with E-state index < -0.39 is 15.4 Å². The quantitative estimate of drug-likeness (QED) is 0.806. The van der Waals surface area contributed by atoms with Gasteiger partial charge in [-0.15, -0.1) is 0 Å². The summed E-state index contributed by atoms with van der Waals surface area (Å²) in [5.74, 6) is -0.0377. The van der Waals surface area contributed by atoms with Crippen molar-refractivity contribution < 1.29 is 13.2 Å². The molecule has 136 valence electrons. The summed E-state index contributed by atoms with van der Waals surface area (Å²) in [6.45, 7) is 4.16. The summed E-state index contributed by atoms with van der Waals surface area (Å²) in [7, 11) is -3.68. The van der Waals surface area contributed by atoms with E-state index in [9.17, 15) is 13.2 Å². The number of carbonyl (C=O) groups is 1. The fraction of sp³-hybridized carbons (Fsp3) is 0.350. The Morgan fingerprint density at radius 1 is 1.04 bits per heavy atom. The van der Waals surface area contributed by atoms with Crippen molar-refractivity contribution in [2.45, 2.75) is 30.6 Å². The molecule has 0 aromatic heterocycles. The molecule has 2 fully saturated rings. The van der Waals surface area contributed by atoms with Gasteiger partial charge in [0.2, 0.25) is 10.0 Å². The fourth-order valence-electron chi connectivity index (χ4n) is 4.28. The Labute approximate surface area is 158 Å². The lowest BCUT2D eigenvalue weighted by Gasteiger charge is -2.34. The lowest BCUT2D eigenvalue weighted by Crippen LogP contribution is -2.49. The van der Waals surface area contributed by atoms with Crippen molar-refractivity contribution in [2.75, 3.05) is 13.1 Å². The largest absolute Gasteiger partial charge is 0.297 e. The van der Waals surface area contributed by atoms with Gasteiger partial charge in [0.05, 0.1) is 16.9 Å². The van der Waals surface area contributed by atoms with Crippen LogP contribution in [0.15, 0.2) is 53.4 Å². The van der Waals surface area contributed by atoms with Crippen molar-refractivity contribution in [3.05, 3.63) is 64.7 Å². The Hall–Kier alpha value is -1.69. The van der Waals surface area contributed by atoms with E-state index in [1.165, 1.54) is 4.31 Å². The van der Waals surface area contributed by atoms with Crippen LogP contribution in [0, 0.1) is 12.3 Å². The van der Waals surface area contributed by atoms with Crippen LogP contribution in [0.1, 0.15) is 24.5 Å². The molecule has 1 aliphatic heterocycles. The molecule has 2 unspecified atom stereocenters. The van der Waals surface area contributed by atoms with Gasteiger partial charge in [0.1, 0.15) is 0 Å². The van der Waals surface area contributed by atoms with Gasteiger partial charge in [-0.3, -0.25) is 4.79 Å². The number of benzene rings is 2. The number of hydrogen-bond acceptors (Lipinski definition) is 3. The van der Waals surface area contributed by atoms with Crippen molar-refractivity contribution in [3.63, 3.8) is 0 Å². The number of fused-ring (bicyclic) bond motifs is 1. The van der Waals surface area contributed by atoms with Crippen molar-refractivity contribution >= 4 is 27.4 Å². The van der Waals surface area contributed by atoms with E-state index in [1.54, 1.807) is 36.4 Å². The first-order valence-electron chi connectivity index (χ1n) is 8.55. The highest BCUT2D eigenvalue weighted by molar-refractivity contribution is 7.89. The molecular weight excluding hydrogens is 370 g/mol. The molecule has 0 bridgehead atoms. The molecule has 1 saturated heterocycles. The zero-order valence-corrected chi connectivity index (χ0v) is 16.3. The first-order chi connectivity index (χ1) is 12.2. The maximum atomic E-state index is 13.1. The number of carbonyl (C=O) groups excluding carboxylic acids is 1. The van der Waals surface area contributed by atoms with E-state index in [1.807, 2.05) is 26.0 Å². The zero-order chi connectivity index (χ0) is 18.7. The van der Waals surface area contributed by atoms with Crippen molar-refractivity contribution in [1.82, 2.24) is 4.31 Å². The zero-order valence-electron chi connectivity index (χ0n) is 14.7. The Balaban J connectivity index is 1.67. The third-order valence-electron chi connectivity index (χ3n) is 5.88. The lowest BCUT2D eigenvalue weighted by molar-refractivity contribution is -0.124. The summed E-state index contributed by atoms with van der Waals surface area (Å²) in [6.07, 6.45) is 0.667. The van der Waals surface area contributed by atoms with Crippen LogP contribution < -0.4 is 0 Å². The molecule has 1 saturated carbocycles. The van der Waals surface area contributed by atoms with E-state index in [2.05, 4.69) is 0 Å². The molecular formula is C20H20ClNO3S. The van der Waals surface area contributed by atoms with Crippen LogP contribution in [0.4, 0.5) is 0 Å². The number of halogens is 1. The van der Waals surface area contributed by atoms with E-state index in [4.69, 9.17) is 11.6 Å². The average Bonchev–Trinajstić information content (AvgIpc) is 3.24. The van der Waals surface area contributed by atoms with E-state index in [-0.39, 0.29) is 22.6 Å². The second-order valence-electron chi connectivity index (χ2n) is 7.66. The van der Waals surface area contributed by atoms with Crippen LogP contribution in [0.25, 0.3) is 0 Å². The number of piperidine rings is 1. The highest BCUT2D eigenvalue weighted by atomic mass is 35.5. The lowest BCUT2D eigenvalue weighted by atomic mass is 9.81. The normalized spacial score (nSPS) is 28.7. The molecule has 26 heavy (non-hydrogen) atoms. The van der Waals surface area contributed by atoms with Gasteiger partial charge in [0, 0.05) is 11.6 Å². The topological polar surface area (TPSA) is 54.5 Å². The Bertz CT molecular complexity index is 985. The smallest absolute Gasteiger partial charge is 0.243 e. The van der Waals surface area contributed by atoms with E-state index in [0.717, 1.165) is 11.1 Å². The standard InChI is InChI=1S/C20H20ClNO3S/c1-14-3-9-17(10-4-14)26(24,25)22-11-18(23)20(12-19(20,2)13-22)15-5-7-16(21)8-6-15/h3-10H,11-13H2,1-2H3. The molecule has 2 aliphatic rings. The molecule has 1 aliphatic carbocycles. The Kier molecular flexibility index (Phi) is 3.85. The van der Waals surface area contributed by atoms with Gasteiger partial charge >= 0.3 is 0 Å². The summed E-state index contributed by atoms with van der Waals surface area (Å²) in [5.41, 5.74) is 0.960. The monoisotopic (exact) mass is 389 g/mol. The minimum Gasteiger partial charge on any atom is -0.297 e. The molecule has 0 amide bonds. The number of Topliss-reactive ketones (excluding diaryl/α,β-unsaturated/α-hetero) is 1. The highest BCUT2D eigenvalue weighted by Gasteiger charge is 2.72. The molecule has 0 radical (unpaired) electrons. The molecule has 2 aromatic rings. The molecule has 2 atom stereocenters. The average molecular weight is 390 g/mol. The first-order valence-corrected chi connectivity index (χ1v) is 10.4. The Morgan fingerprint density at radius 3 is 2.23 bits per heavy atom. The maximum absolute atomic E-state index is 13.1. The van der Waals surface area contributed by atoms with Crippen molar-refractivity contribution in [3.8, 4) is 0 Å². The molecule has 2 aromatic carbocycles. The SMILES string of the molecule is Cc1ccc(S(=O)(=O)N2CC(=O)C3(c4ccc(Cl)cc4)CC3(C)C2)cc1. The highest BCUT2D eigenvalue weighted by Crippen LogP contribution is 2.67. The number of nitrogens with zero attached hydrogens (tertiary/aromatic N) is 1. The van der Waals surface area contributed by atoms with Crippen LogP contribution in [0.2, 0.25) is 5.02 Å². The third kappa shape index (κ3) is 2.45. The molecule has 0 N–H and O–H groups in total.